The number of nitrogens with two attached hydrogens (primary N) is 1. The minimum atomic E-state index is -0.756. The van der Waals surface area contributed by atoms with E-state index in [4.69, 9.17) is 24.6 Å². The van der Waals surface area contributed by atoms with Crippen LogP contribution in [0, 0.1) is 12.8 Å². The first kappa shape index (κ1) is 31.2. The number of hydrogen-bond acceptors (Lipinski definition) is 12. The number of nitrogens with zero attached hydrogens (tertiary/aromatic N) is 4. The molecule has 0 amide bonds. The quantitative estimate of drug-likeness (QED) is 0.196. The Kier molecular flexibility index (Phi) is 9.39. The summed E-state index contributed by atoms with van der Waals surface area (Å²) in [6, 6.07) is 1.56. The Morgan fingerprint density at radius 1 is 1.14 bits per heavy atom. The van der Waals surface area contributed by atoms with E-state index in [9.17, 15) is 15.0 Å². The summed E-state index contributed by atoms with van der Waals surface area (Å²) in [7, 11) is 0. The van der Waals surface area contributed by atoms with Crippen molar-refractivity contribution in [1.82, 2.24) is 19.5 Å². The zero-order valence-electron chi connectivity index (χ0n) is 25.2. The monoisotopic (exact) mass is 641 g/mol. The van der Waals surface area contributed by atoms with Gasteiger partial charge in [-0.3, -0.25) is 4.57 Å². The molecule has 2 aliphatic heterocycles. The molecule has 0 saturated carbocycles. The van der Waals surface area contributed by atoms with Crippen LogP contribution >= 0.6 is 23.5 Å². The van der Waals surface area contributed by atoms with Gasteiger partial charge >= 0.3 is 5.63 Å². The van der Waals surface area contributed by atoms with Gasteiger partial charge in [0.2, 0.25) is 0 Å². The maximum Gasteiger partial charge on any atom is 0.336 e. The highest BCUT2D eigenvalue weighted by molar-refractivity contribution is 7.99. The molecule has 6 rings (SSSR count). The minimum absolute atomic E-state index is 0.0985. The average molecular weight is 642 g/mol. The molecule has 3 aliphatic rings. The Morgan fingerprint density at radius 2 is 1.93 bits per heavy atom. The van der Waals surface area contributed by atoms with Crippen molar-refractivity contribution in [3.8, 4) is 0 Å². The summed E-state index contributed by atoms with van der Waals surface area (Å²) >= 11 is 3.57. The van der Waals surface area contributed by atoms with Crippen LogP contribution in [-0.4, -0.2) is 71.9 Å². The first-order valence-corrected chi connectivity index (χ1v) is 17.2. The Hall–Kier alpha value is -2.84. The van der Waals surface area contributed by atoms with Crippen LogP contribution in [-0.2, 0) is 9.47 Å². The highest BCUT2D eigenvalue weighted by Gasteiger charge is 2.38. The van der Waals surface area contributed by atoms with Crippen LogP contribution < -0.4 is 22.0 Å². The van der Waals surface area contributed by atoms with Gasteiger partial charge < -0.3 is 29.8 Å². The largest absolute Gasteiger partial charge is 0.490 e. The zero-order chi connectivity index (χ0) is 31.0. The molecule has 5 heterocycles. The molecule has 5 atom stereocenters. The normalized spacial score (nSPS) is 24.5. The van der Waals surface area contributed by atoms with Gasteiger partial charge in [0.05, 0.1) is 18.5 Å². The predicted octanol–water partition coefficient (Wildman–Crippen LogP) is 2.65. The lowest BCUT2D eigenvalue weighted by Crippen LogP contribution is -2.41. The zero-order valence-corrected chi connectivity index (χ0v) is 26.8. The molecule has 0 bridgehead atoms. The number of imidazole rings is 1. The molecule has 0 radical (unpaired) electrons. The van der Waals surface area contributed by atoms with Crippen molar-refractivity contribution in [3.05, 3.63) is 50.3 Å². The Bertz CT molecular complexity index is 1750. The molecule has 3 unspecified atom stereocenters. The van der Waals surface area contributed by atoms with Crippen LogP contribution in [0.5, 0.6) is 0 Å². The number of hydrogen-bond donors (Lipinski definition) is 3. The fourth-order valence-electron chi connectivity index (χ4n) is 6.24. The predicted molar refractivity (Wildman–Crippen MR) is 171 cm³/mol. The third-order valence-electron chi connectivity index (χ3n) is 8.64. The number of allylic oxidation sites excluding steroid dienone is 1. The maximum absolute atomic E-state index is 11.9. The molecule has 236 valence electrons. The second-order valence-corrected chi connectivity index (χ2v) is 13.8. The number of unbranched alkanes of at least 4 members (excludes halogenated alkanes) is 3. The van der Waals surface area contributed by atoms with E-state index in [0.29, 0.717) is 28.8 Å². The fourth-order valence-corrected chi connectivity index (χ4v) is 8.44. The van der Waals surface area contributed by atoms with Gasteiger partial charge in [0.15, 0.2) is 22.1 Å². The van der Waals surface area contributed by atoms with Crippen molar-refractivity contribution in [2.75, 3.05) is 29.6 Å². The van der Waals surface area contributed by atoms with E-state index in [-0.39, 0.29) is 24.3 Å². The van der Waals surface area contributed by atoms with Crippen molar-refractivity contribution < 1.29 is 24.1 Å². The number of aromatic nitrogens is 4. The van der Waals surface area contributed by atoms with E-state index in [1.165, 1.54) is 11.9 Å². The van der Waals surface area contributed by atoms with Gasteiger partial charge in [-0.25, -0.2) is 19.7 Å². The van der Waals surface area contributed by atoms with E-state index >= 15 is 0 Å². The Morgan fingerprint density at radius 3 is 2.70 bits per heavy atom. The lowest BCUT2D eigenvalue weighted by Gasteiger charge is -2.22. The molecule has 11 nitrogen and oxygen atoms in total. The van der Waals surface area contributed by atoms with Crippen molar-refractivity contribution in [1.29, 1.82) is 0 Å². The molecule has 4 N–H and O–H groups in total. The number of aliphatic hydroxyl groups excluding tert-OH is 2. The summed E-state index contributed by atoms with van der Waals surface area (Å²) in [4.78, 5) is 25.1. The number of thioether (sulfide) groups is 2. The number of aryl methyl sites for hydroxylation is 1. The van der Waals surface area contributed by atoms with Crippen LogP contribution in [0.1, 0.15) is 57.7 Å². The second-order valence-electron chi connectivity index (χ2n) is 11.6. The third kappa shape index (κ3) is 6.04. The van der Waals surface area contributed by atoms with Crippen LogP contribution in [0.25, 0.3) is 22.8 Å². The van der Waals surface area contributed by atoms with Gasteiger partial charge in [0, 0.05) is 40.7 Å². The van der Waals surface area contributed by atoms with E-state index in [0.717, 1.165) is 70.2 Å². The fraction of sp³-hybridized carbons (Fsp3) is 0.548. The molecular weight excluding hydrogens is 603 g/mol. The number of nitrogen functional groups attached to an aromatic ring is 1. The number of ether oxygens (including phenoxy) is 2. The first-order valence-electron chi connectivity index (χ1n) is 15.1. The van der Waals surface area contributed by atoms with Crippen LogP contribution in [0.3, 0.4) is 0 Å². The van der Waals surface area contributed by atoms with E-state index in [2.05, 4.69) is 16.0 Å². The highest BCUT2D eigenvalue weighted by atomic mass is 32.2. The highest BCUT2D eigenvalue weighted by Crippen LogP contribution is 2.39. The number of fused-ring (bicyclic) bond motifs is 3. The molecular formula is C31H39N5O6S2. The van der Waals surface area contributed by atoms with Crippen molar-refractivity contribution >= 4 is 52.2 Å². The summed E-state index contributed by atoms with van der Waals surface area (Å²) < 4.78 is 19.6. The molecule has 1 saturated heterocycles. The van der Waals surface area contributed by atoms with Gasteiger partial charge in [-0.05, 0) is 50.5 Å². The molecule has 3 aromatic rings. The Labute approximate surface area is 263 Å². The molecule has 3 aromatic heterocycles. The standard InChI is InChI=1S/C31H39N5O6S2/c1-16-10-25(39)42-27-17(2)28-20(11-19(16)27)21(18(3)40-28)14-43-8-6-4-5-7-9-44-31-35-26-29(32)33-15-34-30(26)36(31)24-12-22(38)23(13-37)41-24/h10-11,15,20,22-24,28,37-38H,4-9,12-14H2,1-3H3,(H2,32,33,34)/t20?,22?,23-,24-,28?/m1/s1. The van der Waals surface area contributed by atoms with Gasteiger partial charge in [-0.1, -0.05) is 30.7 Å². The topological polar surface area (TPSA) is 159 Å². The average Bonchev–Trinajstić information content (AvgIpc) is 3.65. The summed E-state index contributed by atoms with van der Waals surface area (Å²) in [5.74, 6) is 4.35. The number of anilines is 1. The smallest absolute Gasteiger partial charge is 0.336 e. The summed E-state index contributed by atoms with van der Waals surface area (Å²) in [6.07, 6.45) is 6.42. The van der Waals surface area contributed by atoms with Gasteiger partial charge in [0.25, 0.3) is 0 Å². The van der Waals surface area contributed by atoms with Gasteiger partial charge in [0.1, 0.15) is 30.2 Å². The molecule has 1 fully saturated rings. The summed E-state index contributed by atoms with van der Waals surface area (Å²) in [5.41, 5.74) is 10.8. The summed E-state index contributed by atoms with van der Waals surface area (Å²) in [6.45, 7) is 5.76. The van der Waals surface area contributed by atoms with Crippen molar-refractivity contribution in [3.63, 3.8) is 0 Å². The number of rotatable bonds is 12. The second kappa shape index (κ2) is 13.3. The van der Waals surface area contributed by atoms with Crippen LogP contribution in [0.4, 0.5) is 5.82 Å². The van der Waals surface area contributed by atoms with Crippen LogP contribution in [0.15, 0.2) is 38.1 Å². The Balaban J connectivity index is 0.973. The SMILES string of the molecule is CC1=C(CSCCCCCCSc2nc3c(N)ncnc3n2[C@H]2CC(O)[C@@H](CO)O2)C2C=c3c(C)cc(=O)oc3=C(C)C2O1. The van der Waals surface area contributed by atoms with Gasteiger partial charge in [-0.2, -0.15) is 11.8 Å². The molecule has 44 heavy (non-hydrogen) atoms. The third-order valence-corrected chi connectivity index (χ3v) is 10.8. The molecule has 0 spiro atoms. The molecule has 13 heteroatoms. The van der Waals surface area contributed by atoms with Gasteiger partial charge in [-0.15, -0.1) is 0 Å². The lowest BCUT2D eigenvalue weighted by atomic mass is 9.86. The molecule has 0 aromatic carbocycles. The maximum atomic E-state index is 11.9. The van der Waals surface area contributed by atoms with E-state index in [1.807, 2.05) is 37.1 Å². The number of aliphatic hydroxyl groups is 2. The van der Waals surface area contributed by atoms with E-state index in [1.54, 1.807) is 17.8 Å². The van der Waals surface area contributed by atoms with E-state index < -0.39 is 18.4 Å². The van der Waals surface area contributed by atoms with Crippen LogP contribution in [0.2, 0.25) is 0 Å². The summed E-state index contributed by atoms with van der Waals surface area (Å²) in [5, 5.41) is 21.6. The first-order chi connectivity index (χ1) is 21.3. The lowest BCUT2D eigenvalue weighted by molar-refractivity contribution is -0.0457. The minimum Gasteiger partial charge on any atom is -0.490 e. The van der Waals surface area contributed by atoms with Crippen molar-refractivity contribution in [2.24, 2.45) is 5.92 Å². The molecule has 1 aliphatic carbocycles. The van der Waals surface area contributed by atoms with Crippen molar-refractivity contribution in [2.45, 2.75) is 82.6 Å².